The number of imidazole rings is 1. The van der Waals surface area contributed by atoms with Crippen LogP contribution in [-0.4, -0.2) is 14.7 Å². The molecule has 94 valence electrons. The van der Waals surface area contributed by atoms with E-state index in [-0.39, 0.29) is 0 Å². The van der Waals surface area contributed by atoms with Gasteiger partial charge < -0.3 is 9.67 Å². The van der Waals surface area contributed by atoms with E-state index in [0.29, 0.717) is 6.42 Å². The minimum Gasteiger partial charge on any atom is -0.379 e. The number of nitrogens with zero attached hydrogens (tertiary/aromatic N) is 2. The van der Waals surface area contributed by atoms with E-state index < -0.39 is 5.60 Å². The Balaban J connectivity index is 1.91. The molecule has 1 aromatic heterocycles. The van der Waals surface area contributed by atoms with Gasteiger partial charge in [-0.1, -0.05) is 36.4 Å². The van der Waals surface area contributed by atoms with Crippen LogP contribution < -0.4 is 0 Å². The summed E-state index contributed by atoms with van der Waals surface area (Å²) >= 11 is 0. The van der Waals surface area contributed by atoms with Gasteiger partial charge in [0, 0.05) is 13.0 Å². The van der Waals surface area contributed by atoms with Crippen LogP contribution in [0.3, 0.4) is 0 Å². The van der Waals surface area contributed by atoms with E-state index in [1.165, 1.54) is 5.39 Å². The maximum absolute atomic E-state index is 11.0. The molecule has 0 saturated carbocycles. The number of hydrogen-bond acceptors (Lipinski definition) is 2. The van der Waals surface area contributed by atoms with Crippen LogP contribution in [0.4, 0.5) is 0 Å². The fourth-order valence-corrected chi connectivity index (χ4v) is 2.99. The molecule has 2 heterocycles. The molecular formula is C16H14N2O. The molecule has 3 aromatic rings. The first kappa shape index (κ1) is 10.8. The Labute approximate surface area is 111 Å². The van der Waals surface area contributed by atoms with Gasteiger partial charge in [0.25, 0.3) is 0 Å². The molecule has 3 nitrogen and oxygen atoms in total. The number of aryl methyl sites for hydroxylation is 1. The van der Waals surface area contributed by atoms with Gasteiger partial charge in [-0.3, -0.25) is 0 Å². The zero-order chi connectivity index (χ0) is 12.9. The smallest absolute Gasteiger partial charge is 0.133 e. The van der Waals surface area contributed by atoms with Crippen LogP contribution >= 0.6 is 0 Å². The first-order valence-electron chi connectivity index (χ1n) is 6.50. The maximum Gasteiger partial charge on any atom is 0.133 e. The average molecular weight is 250 g/mol. The third kappa shape index (κ3) is 1.45. The lowest BCUT2D eigenvalue weighted by atomic mass is 9.88. The highest BCUT2D eigenvalue weighted by Gasteiger charge is 2.39. The van der Waals surface area contributed by atoms with Crippen molar-refractivity contribution in [3.63, 3.8) is 0 Å². The Morgan fingerprint density at radius 3 is 2.84 bits per heavy atom. The number of aliphatic hydroxyl groups is 1. The fraction of sp³-hybridized carbons (Fsp3) is 0.188. The van der Waals surface area contributed by atoms with Crippen molar-refractivity contribution in [2.45, 2.75) is 18.6 Å². The highest BCUT2D eigenvalue weighted by Crippen LogP contribution is 2.39. The number of aromatic nitrogens is 2. The molecule has 1 N–H and O–H groups in total. The minimum atomic E-state index is -0.902. The van der Waals surface area contributed by atoms with Gasteiger partial charge in [0.05, 0.1) is 18.2 Å². The molecule has 19 heavy (non-hydrogen) atoms. The van der Waals surface area contributed by atoms with Crippen molar-refractivity contribution in [3.8, 4) is 0 Å². The van der Waals surface area contributed by atoms with Crippen molar-refractivity contribution in [1.29, 1.82) is 0 Å². The van der Waals surface area contributed by atoms with Crippen LogP contribution in [0.5, 0.6) is 0 Å². The van der Waals surface area contributed by atoms with Crippen molar-refractivity contribution in [2.24, 2.45) is 0 Å². The first-order chi connectivity index (χ1) is 9.27. The largest absolute Gasteiger partial charge is 0.379 e. The Morgan fingerprint density at radius 1 is 1.11 bits per heavy atom. The van der Waals surface area contributed by atoms with Crippen molar-refractivity contribution in [3.05, 3.63) is 66.2 Å². The molecule has 0 saturated heterocycles. The third-order valence-electron chi connectivity index (χ3n) is 4.08. The van der Waals surface area contributed by atoms with E-state index in [0.717, 1.165) is 23.2 Å². The second kappa shape index (κ2) is 3.68. The summed E-state index contributed by atoms with van der Waals surface area (Å²) < 4.78 is 2.02. The molecule has 0 spiro atoms. The third-order valence-corrected chi connectivity index (χ3v) is 4.08. The highest BCUT2D eigenvalue weighted by atomic mass is 16.3. The SMILES string of the molecule is OC1(c2ccc3ccccc3c2)CCn2cncc21. The van der Waals surface area contributed by atoms with Crippen LogP contribution in [0, 0.1) is 0 Å². The van der Waals surface area contributed by atoms with Gasteiger partial charge in [0.1, 0.15) is 5.60 Å². The van der Waals surface area contributed by atoms with E-state index in [9.17, 15) is 5.11 Å². The Morgan fingerprint density at radius 2 is 1.95 bits per heavy atom. The zero-order valence-electron chi connectivity index (χ0n) is 10.5. The van der Waals surface area contributed by atoms with Crippen LogP contribution in [0.25, 0.3) is 10.8 Å². The average Bonchev–Trinajstić information content (AvgIpc) is 3.03. The summed E-state index contributed by atoms with van der Waals surface area (Å²) in [6.07, 6.45) is 4.26. The van der Waals surface area contributed by atoms with Gasteiger partial charge in [-0.2, -0.15) is 0 Å². The predicted molar refractivity (Wildman–Crippen MR) is 73.8 cm³/mol. The molecular weight excluding hydrogens is 236 g/mol. The molecule has 4 rings (SSSR count). The highest BCUT2D eigenvalue weighted by molar-refractivity contribution is 5.83. The molecule has 0 aliphatic carbocycles. The van der Waals surface area contributed by atoms with Gasteiger partial charge in [0.15, 0.2) is 0 Å². The van der Waals surface area contributed by atoms with Crippen LogP contribution in [-0.2, 0) is 12.1 Å². The lowest BCUT2D eigenvalue weighted by molar-refractivity contribution is 0.0827. The zero-order valence-corrected chi connectivity index (χ0v) is 10.5. The summed E-state index contributed by atoms with van der Waals surface area (Å²) in [5, 5.41) is 13.4. The second-order valence-corrected chi connectivity index (χ2v) is 5.14. The van der Waals surface area contributed by atoms with E-state index in [4.69, 9.17) is 0 Å². The summed E-state index contributed by atoms with van der Waals surface area (Å²) in [7, 11) is 0. The summed E-state index contributed by atoms with van der Waals surface area (Å²) in [5.41, 5.74) is 0.939. The van der Waals surface area contributed by atoms with Crippen molar-refractivity contribution in [2.75, 3.05) is 0 Å². The normalized spacial score (nSPS) is 21.7. The number of benzene rings is 2. The monoisotopic (exact) mass is 250 g/mol. The molecule has 0 amide bonds. The van der Waals surface area contributed by atoms with Crippen LogP contribution in [0.1, 0.15) is 17.7 Å². The van der Waals surface area contributed by atoms with Gasteiger partial charge in [-0.25, -0.2) is 4.98 Å². The van der Waals surface area contributed by atoms with Gasteiger partial charge in [0.2, 0.25) is 0 Å². The molecule has 1 unspecified atom stereocenters. The van der Waals surface area contributed by atoms with E-state index in [2.05, 4.69) is 29.2 Å². The van der Waals surface area contributed by atoms with Crippen molar-refractivity contribution < 1.29 is 5.11 Å². The van der Waals surface area contributed by atoms with Gasteiger partial charge in [-0.15, -0.1) is 0 Å². The molecule has 1 aliphatic rings. The topological polar surface area (TPSA) is 38.0 Å². The van der Waals surface area contributed by atoms with E-state index in [1.54, 1.807) is 12.5 Å². The van der Waals surface area contributed by atoms with Gasteiger partial charge >= 0.3 is 0 Å². The standard InChI is InChI=1S/C16H14N2O/c19-16(7-8-18-11-17-10-15(16)18)14-6-5-12-3-1-2-4-13(12)9-14/h1-6,9-11,19H,7-8H2. The van der Waals surface area contributed by atoms with Crippen LogP contribution in [0.2, 0.25) is 0 Å². The van der Waals surface area contributed by atoms with Crippen LogP contribution in [0.15, 0.2) is 55.0 Å². The number of rotatable bonds is 1. The Bertz CT molecular complexity index is 762. The minimum absolute atomic E-state index is 0.712. The summed E-state index contributed by atoms with van der Waals surface area (Å²) in [6, 6.07) is 14.4. The quantitative estimate of drug-likeness (QED) is 0.721. The van der Waals surface area contributed by atoms with E-state index in [1.807, 2.05) is 22.8 Å². The summed E-state index contributed by atoms with van der Waals surface area (Å²) in [6.45, 7) is 0.818. The second-order valence-electron chi connectivity index (χ2n) is 5.14. The lowest BCUT2D eigenvalue weighted by Crippen LogP contribution is -2.23. The maximum atomic E-state index is 11.0. The fourth-order valence-electron chi connectivity index (χ4n) is 2.99. The Hall–Kier alpha value is -2.13. The van der Waals surface area contributed by atoms with Gasteiger partial charge in [-0.05, 0) is 22.4 Å². The summed E-state index contributed by atoms with van der Waals surface area (Å²) in [5.74, 6) is 0. The molecule has 2 aromatic carbocycles. The Kier molecular flexibility index (Phi) is 2.09. The molecule has 3 heteroatoms. The molecule has 0 fully saturated rings. The predicted octanol–water partition coefficient (Wildman–Crippen LogP) is 2.68. The lowest BCUT2D eigenvalue weighted by Gasteiger charge is -2.22. The number of fused-ring (bicyclic) bond motifs is 2. The van der Waals surface area contributed by atoms with E-state index >= 15 is 0 Å². The molecule has 0 radical (unpaired) electrons. The van der Waals surface area contributed by atoms with Crippen molar-refractivity contribution in [1.82, 2.24) is 9.55 Å². The van der Waals surface area contributed by atoms with Crippen molar-refractivity contribution >= 4 is 10.8 Å². The molecule has 1 aliphatic heterocycles. The number of hydrogen-bond donors (Lipinski definition) is 1. The first-order valence-corrected chi connectivity index (χ1v) is 6.50. The summed E-state index contributed by atoms with van der Waals surface area (Å²) in [4.78, 5) is 4.13. The molecule has 0 bridgehead atoms. The molecule has 1 atom stereocenters.